The van der Waals surface area contributed by atoms with Gasteiger partial charge in [0.1, 0.15) is 5.75 Å². The summed E-state index contributed by atoms with van der Waals surface area (Å²) < 4.78 is 5.48. The molecule has 1 aromatic carbocycles. The molecule has 0 aromatic heterocycles. The molecule has 0 aliphatic rings. The van der Waals surface area contributed by atoms with E-state index in [1.54, 1.807) is 0 Å². The van der Waals surface area contributed by atoms with E-state index >= 15 is 0 Å². The van der Waals surface area contributed by atoms with Crippen LogP contribution in [0.5, 0.6) is 5.75 Å². The average Bonchev–Trinajstić information content (AvgIpc) is 2.44. The summed E-state index contributed by atoms with van der Waals surface area (Å²) in [4.78, 5) is 2.36. The largest absolute Gasteiger partial charge is 0.494 e. The summed E-state index contributed by atoms with van der Waals surface area (Å²) in [7, 11) is 2.16. The highest BCUT2D eigenvalue weighted by Crippen LogP contribution is 2.22. The number of hydrogen-bond acceptors (Lipinski definition) is 3. The summed E-state index contributed by atoms with van der Waals surface area (Å²) in [6.45, 7) is 10.3. The van der Waals surface area contributed by atoms with Crippen molar-refractivity contribution in [3.8, 4) is 5.75 Å². The lowest BCUT2D eigenvalue weighted by molar-refractivity contribution is 0.243. The van der Waals surface area contributed by atoms with Crippen molar-refractivity contribution in [1.29, 1.82) is 0 Å². The van der Waals surface area contributed by atoms with Crippen LogP contribution in [0.25, 0.3) is 0 Å². The molecule has 0 saturated carbocycles. The third kappa shape index (κ3) is 5.14. The molecular weight excluding hydrogens is 248 g/mol. The minimum absolute atomic E-state index is 0.282. The molecule has 3 heteroatoms. The van der Waals surface area contributed by atoms with E-state index in [9.17, 15) is 0 Å². The fraction of sp³-hybridized carbons (Fsp3) is 0.647. The van der Waals surface area contributed by atoms with Crippen LogP contribution < -0.4 is 10.5 Å². The van der Waals surface area contributed by atoms with E-state index in [0.717, 1.165) is 18.7 Å². The van der Waals surface area contributed by atoms with Gasteiger partial charge in [0, 0.05) is 12.1 Å². The summed E-state index contributed by atoms with van der Waals surface area (Å²) in [6, 6.07) is 9.06. The molecule has 0 spiro atoms. The first-order valence-electron chi connectivity index (χ1n) is 7.64. The maximum absolute atomic E-state index is 6.11. The summed E-state index contributed by atoms with van der Waals surface area (Å²) in [5, 5.41) is 0. The second-order valence-corrected chi connectivity index (χ2v) is 5.86. The quantitative estimate of drug-likeness (QED) is 0.791. The van der Waals surface area contributed by atoms with E-state index in [1.165, 1.54) is 5.56 Å². The molecule has 20 heavy (non-hydrogen) atoms. The van der Waals surface area contributed by atoms with Gasteiger partial charge in [-0.25, -0.2) is 0 Å². The zero-order chi connectivity index (χ0) is 15.1. The van der Waals surface area contributed by atoms with Gasteiger partial charge >= 0.3 is 0 Å². The standard InChI is InChI=1S/C17H30N2O/c1-6-20-16-9-7-15(8-10-16)14(4)19(5)12-11-17(18)13(2)3/h7-10,13-14,17H,6,11-12,18H2,1-5H3. The third-order valence-corrected chi connectivity index (χ3v) is 4.01. The van der Waals surface area contributed by atoms with Gasteiger partial charge in [0.2, 0.25) is 0 Å². The van der Waals surface area contributed by atoms with Crippen molar-refractivity contribution >= 4 is 0 Å². The Balaban J connectivity index is 2.53. The molecule has 0 saturated heterocycles. The molecule has 0 bridgehead atoms. The predicted molar refractivity (Wildman–Crippen MR) is 86.1 cm³/mol. The number of hydrogen-bond donors (Lipinski definition) is 1. The highest BCUT2D eigenvalue weighted by molar-refractivity contribution is 5.28. The SMILES string of the molecule is CCOc1ccc(C(C)N(C)CCC(N)C(C)C)cc1. The van der Waals surface area contributed by atoms with Gasteiger partial charge in [0.25, 0.3) is 0 Å². The summed E-state index contributed by atoms with van der Waals surface area (Å²) >= 11 is 0. The van der Waals surface area contributed by atoms with Crippen LogP contribution >= 0.6 is 0 Å². The van der Waals surface area contributed by atoms with E-state index in [2.05, 4.69) is 44.9 Å². The molecule has 0 fully saturated rings. The fourth-order valence-electron chi connectivity index (χ4n) is 2.14. The van der Waals surface area contributed by atoms with Gasteiger partial charge < -0.3 is 10.5 Å². The molecule has 0 amide bonds. The first kappa shape index (κ1) is 17.0. The van der Waals surface area contributed by atoms with Crippen molar-refractivity contribution in [2.75, 3.05) is 20.2 Å². The van der Waals surface area contributed by atoms with Crippen molar-refractivity contribution in [2.24, 2.45) is 11.7 Å². The molecule has 0 aliphatic carbocycles. The molecular formula is C17H30N2O. The lowest BCUT2D eigenvalue weighted by atomic mass is 10.0. The van der Waals surface area contributed by atoms with Crippen LogP contribution in [0.3, 0.4) is 0 Å². The van der Waals surface area contributed by atoms with Crippen molar-refractivity contribution < 1.29 is 4.74 Å². The Bertz CT molecular complexity index is 375. The van der Waals surface area contributed by atoms with Crippen LogP contribution in [0, 0.1) is 5.92 Å². The van der Waals surface area contributed by atoms with Crippen LogP contribution in [0.4, 0.5) is 0 Å². The molecule has 0 radical (unpaired) electrons. The second kappa shape index (κ2) is 8.28. The Morgan fingerprint density at radius 2 is 1.75 bits per heavy atom. The molecule has 2 atom stereocenters. The van der Waals surface area contributed by atoms with E-state index < -0.39 is 0 Å². The molecule has 2 unspecified atom stereocenters. The Hall–Kier alpha value is -1.06. The summed E-state index contributed by atoms with van der Waals surface area (Å²) in [5.41, 5.74) is 7.43. The zero-order valence-corrected chi connectivity index (χ0v) is 13.6. The molecule has 3 nitrogen and oxygen atoms in total. The van der Waals surface area contributed by atoms with Gasteiger partial charge in [0.15, 0.2) is 0 Å². The molecule has 0 heterocycles. The maximum Gasteiger partial charge on any atom is 0.119 e. The minimum atomic E-state index is 0.282. The average molecular weight is 278 g/mol. The number of rotatable bonds is 8. The Labute approximate surface area is 124 Å². The molecule has 0 aliphatic heterocycles. The van der Waals surface area contributed by atoms with Gasteiger partial charge in [-0.05, 0) is 57.5 Å². The van der Waals surface area contributed by atoms with E-state index in [1.807, 2.05) is 19.1 Å². The smallest absolute Gasteiger partial charge is 0.119 e. The van der Waals surface area contributed by atoms with Gasteiger partial charge in [-0.2, -0.15) is 0 Å². The fourth-order valence-corrected chi connectivity index (χ4v) is 2.14. The topological polar surface area (TPSA) is 38.5 Å². The molecule has 1 rings (SSSR count). The highest BCUT2D eigenvalue weighted by atomic mass is 16.5. The van der Waals surface area contributed by atoms with Crippen molar-refractivity contribution in [3.63, 3.8) is 0 Å². The lowest BCUT2D eigenvalue weighted by Gasteiger charge is -2.27. The van der Waals surface area contributed by atoms with Crippen LogP contribution in [-0.4, -0.2) is 31.1 Å². The first-order chi connectivity index (χ1) is 9.45. The van der Waals surface area contributed by atoms with Crippen LogP contribution in [-0.2, 0) is 0 Å². The van der Waals surface area contributed by atoms with Crippen LogP contribution in [0.15, 0.2) is 24.3 Å². The Morgan fingerprint density at radius 1 is 1.15 bits per heavy atom. The predicted octanol–water partition coefficient (Wildman–Crippen LogP) is 3.45. The van der Waals surface area contributed by atoms with Gasteiger partial charge in [-0.15, -0.1) is 0 Å². The monoisotopic (exact) mass is 278 g/mol. The van der Waals surface area contributed by atoms with Gasteiger partial charge in [-0.1, -0.05) is 26.0 Å². The normalized spacial score (nSPS) is 14.6. The number of nitrogens with two attached hydrogens (primary N) is 1. The molecule has 1 aromatic rings. The van der Waals surface area contributed by atoms with Crippen molar-refractivity contribution in [3.05, 3.63) is 29.8 Å². The van der Waals surface area contributed by atoms with E-state index in [4.69, 9.17) is 10.5 Å². The summed E-state index contributed by atoms with van der Waals surface area (Å²) in [6.07, 6.45) is 1.04. The van der Waals surface area contributed by atoms with E-state index in [-0.39, 0.29) is 6.04 Å². The number of nitrogens with zero attached hydrogens (tertiary/aromatic N) is 1. The van der Waals surface area contributed by atoms with E-state index in [0.29, 0.717) is 18.6 Å². The number of benzene rings is 1. The maximum atomic E-state index is 6.11. The van der Waals surface area contributed by atoms with Crippen LogP contribution in [0.2, 0.25) is 0 Å². The van der Waals surface area contributed by atoms with Crippen molar-refractivity contribution in [1.82, 2.24) is 4.90 Å². The number of ether oxygens (including phenoxy) is 1. The minimum Gasteiger partial charge on any atom is -0.494 e. The third-order valence-electron chi connectivity index (χ3n) is 4.01. The molecule has 114 valence electrons. The van der Waals surface area contributed by atoms with Gasteiger partial charge in [0.05, 0.1) is 6.61 Å². The van der Waals surface area contributed by atoms with Gasteiger partial charge in [-0.3, -0.25) is 4.90 Å². The first-order valence-corrected chi connectivity index (χ1v) is 7.64. The second-order valence-electron chi connectivity index (χ2n) is 5.86. The summed E-state index contributed by atoms with van der Waals surface area (Å²) in [5.74, 6) is 1.48. The Morgan fingerprint density at radius 3 is 2.25 bits per heavy atom. The van der Waals surface area contributed by atoms with Crippen LogP contribution in [0.1, 0.15) is 45.7 Å². The highest BCUT2D eigenvalue weighted by Gasteiger charge is 2.14. The zero-order valence-electron chi connectivity index (χ0n) is 13.6. The lowest BCUT2D eigenvalue weighted by Crippen LogP contribution is -2.32. The van der Waals surface area contributed by atoms with Crippen molar-refractivity contribution in [2.45, 2.75) is 46.2 Å². The Kier molecular flexibility index (Phi) is 7.03. The molecule has 2 N–H and O–H groups in total.